The lowest BCUT2D eigenvalue weighted by molar-refractivity contribution is -0.113. The van der Waals surface area contributed by atoms with Gasteiger partial charge < -0.3 is 5.32 Å². The van der Waals surface area contributed by atoms with Gasteiger partial charge in [-0.25, -0.2) is 4.39 Å². The highest BCUT2D eigenvalue weighted by Gasteiger charge is 2.18. The second-order valence-electron chi connectivity index (χ2n) is 7.20. The molecule has 174 valence electrons. The molecule has 0 fully saturated rings. The number of rotatable bonds is 8. The highest BCUT2D eigenvalue weighted by molar-refractivity contribution is 7.99. The number of nitrogens with one attached hydrogen (secondary N) is 2. The fourth-order valence-corrected chi connectivity index (χ4v) is 4.45. The van der Waals surface area contributed by atoms with Crippen LogP contribution in [0.3, 0.4) is 0 Å². The first-order valence-electron chi connectivity index (χ1n) is 10.2. The van der Waals surface area contributed by atoms with Crippen LogP contribution in [0.15, 0.2) is 53.7 Å². The lowest BCUT2D eigenvalue weighted by Crippen LogP contribution is -2.25. The summed E-state index contributed by atoms with van der Waals surface area (Å²) in [5.74, 6) is -0.900. The number of carbonyl (C=O) groups is 2. The molecule has 12 heteroatoms. The van der Waals surface area contributed by atoms with Gasteiger partial charge in [0.15, 0.2) is 11.0 Å². The van der Waals surface area contributed by atoms with Crippen molar-refractivity contribution in [2.45, 2.75) is 25.5 Å². The predicted octanol–water partition coefficient (Wildman–Crippen LogP) is 3.54. The van der Waals surface area contributed by atoms with Gasteiger partial charge in [0, 0.05) is 5.69 Å². The monoisotopic (exact) mass is 497 g/mol. The Labute approximate surface area is 202 Å². The van der Waals surface area contributed by atoms with Crippen molar-refractivity contribution in [3.8, 4) is 5.69 Å². The number of hydrogen-bond acceptors (Lipinski definition) is 8. The Morgan fingerprint density at radius 3 is 2.62 bits per heavy atom. The largest absolute Gasteiger partial charge is 0.345 e. The second kappa shape index (κ2) is 10.5. The Morgan fingerprint density at radius 1 is 1.06 bits per heavy atom. The number of thioether (sulfide) groups is 1. The van der Waals surface area contributed by atoms with Gasteiger partial charge in [0.25, 0.3) is 5.91 Å². The van der Waals surface area contributed by atoms with Gasteiger partial charge in [0.1, 0.15) is 10.8 Å². The molecule has 4 aromatic rings. The molecule has 0 spiro atoms. The third-order valence-corrected chi connectivity index (χ3v) is 6.27. The van der Waals surface area contributed by atoms with Crippen molar-refractivity contribution in [2.24, 2.45) is 0 Å². The van der Waals surface area contributed by atoms with E-state index in [9.17, 15) is 14.0 Å². The third-order valence-electron chi connectivity index (χ3n) is 4.59. The van der Waals surface area contributed by atoms with Gasteiger partial charge >= 0.3 is 0 Å². The molecular weight excluding hydrogens is 477 g/mol. The second-order valence-corrected chi connectivity index (χ2v) is 9.32. The first-order chi connectivity index (χ1) is 16.4. The number of benzene rings is 2. The van der Waals surface area contributed by atoms with E-state index in [1.165, 1.54) is 41.3 Å². The van der Waals surface area contributed by atoms with Crippen LogP contribution in [0.5, 0.6) is 0 Å². The van der Waals surface area contributed by atoms with Crippen molar-refractivity contribution in [1.82, 2.24) is 30.3 Å². The molecule has 2 aromatic carbocycles. The van der Waals surface area contributed by atoms with E-state index in [2.05, 4.69) is 31.0 Å². The number of halogens is 1. The zero-order valence-corrected chi connectivity index (χ0v) is 19.9. The van der Waals surface area contributed by atoms with E-state index in [0.29, 0.717) is 16.1 Å². The van der Waals surface area contributed by atoms with E-state index < -0.39 is 11.7 Å². The minimum absolute atomic E-state index is 0.0188. The number of carbonyl (C=O) groups excluding carboxylic acids is 2. The lowest BCUT2D eigenvalue weighted by Gasteiger charge is -2.12. The van der Waals surface area contributed by atoms with Crippen LogP contribution in [0.4, 0.5) is 9.52 Å². The molecule has 0 unspecified atom stereocenters. The number of aryl methyl sites for hydroxylation is 2. The Kier molecular flexibility index (Phi) is 7.28. The Balaban J connectivity index is 1.52. The van der Waals surface area contributed by atoms with Crippen molar-refractivity contribution in [1.29, 1.82) is 0 Å². The maximum Gasteiger partial charge on any atom is 0.254 e. The maximum absolute atomic E-state index is 13.9. The van der Waals surface area contributed by atoms with Crippen molar-refractivity contribution in [3.05, 3.63) is 76.3 Å². The van der Waals surface area contributed by atoms with Crippen molar-refractivity contribution in [2.75, 3.05) is 11.1 Å². The number of amides is 2. The molecular formula is C22H20FN7O2S2. The summed E-state index contributed by atoms with van der Waals surface area (Å²) in [5.41, 5.74) is 1.75. The van der Waals surface area contributed by atoms with Crippen molar-refractivity contribution >= 4 is 40.0 Å². The molecule has 0 atom stereocenters. The number of hydrogen-bond donors (Lipinski definition) is 2. The van der Waals surface area contributed by atoms with Crippen LogP contribution in [0, 0.1) is 19.7 Å². The minimum Gasteiger partial charge on any atom is -0.345 e. The molecule has 0 bridgehead atoms. The molecule has 0 aliphatic rings. The fourth-order valence-electron chi connectivity index (χ4n) is 3.07. The smallest absolute Gasteiger partial charge is 0.254 e. The van der Waals surface area contributed by atoms with E-state index in [1.807, 2.05) is 31.2 Å². The quantitative estimate of drug-likeness (QED) is 0.358. The fraction of sp³-hybridized carbons (Fsp3) is 0.182. The first-order valence-corrected chi connectivity index (χ1v) is 12.0. The highest BCUT2D eigenvalue weighted by Crippen LogP contribution is 2.23. The third kappa shape index (κ3) is 5.64. The Hall–Kier alpha value is -3.64. The average Bonchev–Trinajstić information content (AvgIpc) is 3.41. The molecule has 0 aliphatic carbocycles. The van der Waals surface area contributed by atoms with Gasteiger partial charge in [0.05, 0.1) is 17.9 Å². The molecule has 2 heterocycles. The Bertz CT molecular complexity index is 1340. The molecule has 0 saturated heterocycles. The van der Waals surface area contributed by atoms with Crippen molar-refractivity contribution < 1.29 is 14.0 Å². The summed E-state index contributed by atoms with van der Waals surface area (Å²) in [6.45, 7) is 3.78. The van der Waals surface area contributed by atoms with Gasteiger partial charge in [-0.1, -0.05) is 47.4 Å². The molecule has 2 amide bonds. The molecule has 2 aromatic heterocycles. The Morgan fingerprint density at radius 2 is 1.88 bits per heavy atom. The summed E-state index contributed by atoms with van der Waals surface area (Å²) in [5, 5.41) is 23.2. The molecule has 34 heavy (non-hydrogen) atoms. The van der Waals surface area contributed by atoms with Gasteiger partial charge in [0.2, 0.25) is 11.0 Å². The zero-order chi connectivity index (χ0) is 24.1. The van der Waals surface area contributed by atoms with Gasteiger partial charge in [-0.05, 0) is 43.7 Å². The summed E-state index contributed by atoms with van der Waals surface area (Å²) in [7, 11) is 0. The van der Waals surface area contributed by atoms with Gasteiger partial charge in [-0.2, -0.15) is 0 Å². The molecule has 0 aliphatic heterocycles. The highest BCUT2D eigenvalue weighted by atomic mass is 32.2. The number of nitrogens with zero attached hydrogens (tertiary/aromatic N) is 5. The van der Waals surface area contributed by atoms with Crippen LogP contribution in [0.25, 0.3) is 5.69 Å². The van der Waals surface area contributed by atoms with E-state index in [4.69, 9.17) is 0 Å². The lowest BCUT2D eigenvalue weighted by atomic mass is 10.2. The molecule has 4 rings (SSSR count). The number of aromatic nitrogens is 5. The summed E-state index contributed by atoms with van der Waals surface area (Å²) in [4.78, 5) is 24.8. The summed E-state index contributed by atoms with van der Waals surface area (Å²) < 4.78 is 15.7. The first kappa shape index (κ1) is 23.5. The maximum atomic E-state index is 13.9. The van der Waals surface area contributed by atoms with Gasteiger partial charge in [-0.3, -0.25) is 19.5 Å². The topological polar surface area (TPSA) is 115 Å². The molecule has 9 nitrogen and oxygen atoms in total. The van der Waals surface area contributed by atoms with Crippen LogP contribution in [0.2, 0.25) is 0 Å². The summed E-state index contributed by atoms with van der Waals surface area (Å²) in [6.07, 6.45) is 0. The van der Waals surface area contributed by atoms with E-state index in [-0.39, 0.29) is 23.8 Å². The van der Waals surface area contributed by atoms with Crippen molar-refractivity contribution in [3.63, 3.8) is 0 Å². The van der Waals surface area contributed by atoms with Crippen LogP contribution in [0.1, 0.15) is 26.8 Å². The molecule has 0 radical (unpaired) electrons. The standard InChI is InChI=1S/C22H20FN7O2S2/c1-13-6-5-7-15(10-13)30-18(11-24-20(32)16-8-3-4-9-17(16)23)27-29-22(30)33-12-19(31)25-21-28-26-14(2)34-21/h3-10H,11-12H2,1-2H3,(H,24,32)(H,25,28,31). The van der Waals surface area contributed by atoms with Crippen LogP contribution < -0.4 is 10.6 Å². The van der Waals surface area contributed by atoms with Crippen LogP contribution >= 0.6 is 23.1 Å². The number of anilines is 1. The van der Waals surface area contributed by atoms with E-state index >= 15 is 0 Å². The molecule has 0 saturated carbocycles. The summed E-state index contributed by atoms with van der Waals surface area (Å²) >= 11 is 2.49. The predicted molar refractivity (Wildman–Crippen MR) is 128 cm³/mol. The van der Waals surface area contributed by atoms with E-state index in [0.717, 1.165) is 16.3 Å². The van der Waals surface area contributed by atoms with Crippen LogP contribution in [-0.2, 0) is 11.3 Å². The SMILES string of the molecule is Cc1cccc(-n2c(CNC(=O)c3ccccc3F)nnc2SCC(=O)Nc2nnc(C)s2)c1. The average molecular weight is 498 g/mol. The summed E-state index contributed by atoms with van der Waals surface area (Å²) in [6, 6.07) is 13.4. The molecule has 2 N–H and O–H groups in total. The normalized spacial score (nSPS) is 10.8. The minimum atomic E-state index is -0.604. The zero-order valence-electron chi connectivity index (χ0n) is 18.3. The van der Waals surface area contributed by atoms with E-state index in [1.54, 1.807) is 17.6 Å². The van der Waals surface area contributed by atoms with Crippen LogP contribution in [-0.4, -0.2) is 42.5 Å². The van der Waals surface area contributed by atoms with Gasteiger partial charge in [-0.15, -0.1) is 20.4 Å².